The van der Waals surface area contributed by atoms with Gasteiger partial charge >= 0.3 is 5.69 Å². The number of nitrogens with zero attached hydrogens (tertiary/aromatic N) is 4. The monoisotopic (exact) mass is 267 g/mol. The number of likely N-dealkylation sites (N-methyl/N-ethyl adjacent to an activating group) is 1. The first-order chi connectivity index (χ1) is 9.08. The van der Waals surface area contributed by atoms with E-state index in [1.807, 2.05) is 0 Å². The van der Waals surface area contributed by atoms with Crippen LogP contribution in [-0.2, 0) is 4.74 Å². The Hall–Kier alpha value is -1.96. The molecule has 1 aliphatic heterocycles. The molecule has 0 spiro atoms. The van der Waals surface area contributed by atoms with E-state index in [4.69, 9.17) is 10.5 Å². The second kappa shape index (κ2) is 5.79. The maximum atomic E-state index is 11.0. The summed E-state index contributed by atoms with van der Waals surface area (Å²) in [6.45, 7) is 1.30. The highest BCUT2D eigenvalue weighted by molar-refractivity contribution is 5.57. The Morgan fingerprint density at radius 1 is 1.63 bits per heavy atom. The Kier molecular flexibility index (Phi) is 4.10. The molecule has 1 saturated heterocycles. The van der Waals surface area contributed by atoms with Crippen LogP contribution < -0.4 is 10.6 Å². The zero-order valence-electron chi connectivity index (χ0n) is 10.8. The molecule has 0 amide bonds. The van der Waals surface area contributed by atoms with Gasteiger partial charge in [-0.25, -0.2) is 4.98 Å². The van der Waals surface area contributed by atoms with E-state index < -0.39 is 4.92 Å². The van der Waals surface area contributed by atoms with E-state index in [1.165, 1.54) is 0 Å². The summed E-state index contributed by atoms with van der Waals surface area (Å²) in [6, 6.07) is 0. The van der Waals surface area contributed by atoms with Gasteiger partial charge in [-0.1, -0.05) is 0 Å². The first kappa shape index (κ1) is 13.5. The Bertz CT molecular complexity index is 462. The van der Waals surface area contributed by atoms with Crippen LogP contribution >= 0.6 is 0 Å². The number of ether oxygens (including phenoxy) is 1. The van der Waals surface area contributed by atoms with E-state index in [1.54, 1.807) is 11.9 Å². The van der Waals surface area contributed by atoms with E-state index >= 15 is 0 Å². The second-order valence-corrected chi connectivity index (χ2v) is 4.56. The number of hydrogen-bond acceptors (Lipinski definition) is 7. The molecule has 0 radical (unpaired) electrons. The predicted octanol–water partition coefficient (Wildman–Crippen LogP) is 0.972. The minimum Gasteiger partial charge on any atom is -0.376 e. The van der Waals surface area contributed by atoms with Gasteiger partial charge < -0.3 is 15.4 Å². The van der Waals surface area contributed by atoms with Crippen LogP contribution in [0.5, 0.6) is 0 Å². The van der Waals surface area contributed by atoms with E-state index in [9.17, 15) is 10.1 Å². The van der Waals surface area contributed by atoms with Gasteiger partial charge in [0.05, 0.1) is 11.0 Å². The lowest BCUT2D eigenvalue weighted by Crippen LogP contribution is -2.34. The molecule has 8 nitrogen and oxygen atoms in total. The van der Waals surface area contributed by atoms with Crippen LogP contribution in [0.1, 0.15) is 19.3 Å². The van der Waals surface area contributed by atoms with Crippen LogP contribution in [0.15, 0.2) is 6.20 Å². The maximum absolute atomic E-state index is 11.0. The summed E-state index contributed by atoms with van der Waals surface area (Å²) in [5, 5.41) is 11.0. The fourth-order valence-electron chi connectivity index (χ4n) is 2.13. The first-order valence-corrected chi connectivity index (χ1v) is 6.17. The molecule has 1 fully saturated rings. The molecule has 1 aromatic heterocycles. The molecule has 1 aromatic rings. The Labute approximate surface area is 110 Å². The van der Waals surface area contributed by atoms with Crippen LogP contribution in [0.2, 0.25) is 0 Å². The average molecular weight is 267 g/mol. The molecule has 0 bridgehead atoms. The summed E-state index contributed by atoms with van der Waals surface area (Å²) in [4.78, 5) is 19.8. The van der Waals surface area contributed by atoms with Gasteiger partial charge in [-0.3, -0.25) is 10.1 Å². The van der Waals surface area contributed by atoms with Crippen molar-refractivity contribution in [2.45, 2.75) is 25.4 Å². The maximum Gasteiger partial charge on any atom is 0.329 e. The molecule has 2 N–H and O–H groups in total. The van der Waals surface area contributed by atoms with Crippen LogP contribution in [0.3, 0.4) is 0 Å². The Balaban J connectivity index is 2.14. The van der Waals surface area contributed by atoms with Gasteiger partial charge in [-0.15, -0.1) is 0 Å². The Morgan fingerprint density at radius 2 is 2.42 bits per heavy atom. The minimum absolute atomic E-state index is 0.0250. The third-order valence-electron chi connectivity index (χ3n) is 3.08. The topological polar surface area (TPSA) is 107 Å². The zero-order chi connectivity index (χ0) is 13.8. The van der Waals surface area contributed by atoms with Crippen molar-refractivity contribution >= 4 is 17.5 Å². The van der Waals surface area contributed by atoms with Crippen molar-refractivity contribution in [1.82, 2.24) is 9.97 Å². The molecule has 19 heavy (non-hydrogen) atoms. The summed E-state index contributed by atoms with van der Waals surface area (Å²) >= 11 is 0. The fraction of sp³-hybridized carbons (Fsp3) is 0.636. The van der Waals surface area contributed by atoms with Gasteiger partial charge in [-0.2, -0.15) is 4.98 Å². The van der Waals surface area contributed by atoms with Crippen molar-refractivity contribution in [2.75, 3.05) is 30.8 Å². The number of nitrogen functional groups attached to an aromatic ring is 1. The molecule has 0 aromatic carbocycles. The molecular formula is C11H17N5O3. The van der Waals surface area contributed by atoms with Crippen molar-refractivity contribution in [3.63, 3.8) is 0 Å². The lowest BCUT2D eigenvalue weighted by Gasteiger charge is -2.27. The third-order valence-corrected chi connectivity index (χ3v) is 3.08. The smallest absolute Gasteiger partial charge is 0.329 e. The number of rotatable bonds is 4. The third kappa shape index (κ3) is 3.28. The average Bonchev–Trinajstić information content (AvgIpc) is 2.39. The summed E-state index contributed by atoms with van der Waals surface area (Å²) in [5.41, 5.74) is 5.35. The van der Waals surface area contributed by atoms with Crippen molar-refractivity contribution in [3.8, 4) is 0 Å². The molecule has 1 unspecified atom stereocenters. The predicted molar refractivity (Wildman–Crippen MR) is 70.0 cm³/mol. The molecule has 8 heteroatoms. The second-order valence-electron chi connectivity index (χ2n) is 4.56. The van der Waals surface area contributed by atoms with Gasteiger partial charge in [-0.05, 0) is 19.3 Å². The highest BCUT2D eigenvalue weighted by Gasteiger charge is 2.23. The van der Waals surface area contributed by atoms with Crippen LogP contribution in [0.25, 0.3) is 0 Å². The van der Waals surface area contributed by atoms with E-state index in [2.05, 4.69) is 9.97 Å². The largest absolute Gasteiger partial charge is 0.376 e. The SMILES string of the molecule is CN(CC1CCCCO1)c1nc(N)ncc1[N+](=O)[O-]. The van der Waals surface area contributed by atoms with Crippen molar-refractivity contribution in [3.05, 3.63) is 16.3 Å². The van der Waals surface area contributed by atoms with Crippen molar-refractivity contribution in [1.29, 1.82) is 0 Å². The Morgan fingerprint density at radius 3 is 3.05 bits per heavy atom. The van der Waals surface area contributed by atoms with E-state index in [0.717, 1.165) is 32.1 Å². The molecule has 0 saturated carbocycles. The highest BCUT2D eigenvalue weighted by atomic mass is 16.6. The quantitative estimate of drug-likeness (QED) is 0.639. The summed E-state index contributed by atoms with van der Waals surface area (Å²) in [7, 11) is 1.74. The first-order valence-electron chi connectivity index (χ1n) is 6.17. The van der Waals surface area contributed by atoms with E-state index in [0.29, 0.717) is 6.54 Å². The number of nitro groups is 1. The van der Waals surface area contributed by atoms with Gasteiger partial charge in [0.1, 0.15) is 6.20 Å². The van der Waals surface area contributed by atoms with E-state index in [-0.39, 0.29) is 23.6 Å². The number of anilines is 2. The van der Waals surface area contributed by atoms with Crippen molar-refractivity contribution < 1.29 is 9.66 Å². The van der Waals surface area contributed by atoms with Crippen LogP contribution in [-0.4, -0.2) is 41.2 Å². The van der Waals surface area contributed by atoms with Gasteiger partial charge in [0.2, 0.25) is 11.8 Å². The van der Waals surface area contributed by atoms with Crippen molar-refractivity contribution in [2.24, 2.45) is 0 Å². The standard InChI is InChI=1S/C11H17N5O3/c1-15(7-8-4-2-3-5-19-8)10-9(16(17)18)6-13-11(12)14-10/h6,8H,2-5,7H2,1H3,(H2,12,13,14). The normalized spacial score (nSPS) is 19.1. The summed E-state index contributed by atoms with van der Waals surface area (Å²) in [5.74, 6) is 0.253. The summed E-state index contributed by atoms with van der Waals surface area (Å²) in [6.07, 6.45) is 4.36. The molecule has 2 heterocycles. The molecule has 0 aliphatic carbocycles. The highest BCUT2D eigenvalue weighted by Crippen LogP contribution is 2.25. The number of nitrogens with two attached hydrogens (primary N) is 1. The zero-order valence-corrected chi connectivity index (χ0v) is 10.8. The lowest BCUT2D eigenvalue weighted by atomic mass is 10.1. The summed E-state index contributed by atoms with van der Waals surface area (Å²) < 4.78 is 5.61. The van der Waals surface area contributed by atoms with Crippen LogP contribution in [0.4, 0.5) is 17.5 Å². The number of aromatic nitrogens is 2. The molecule has 2 rings (SSSR count). The van der Waals surface area contributed by atoms with Crippen LogP contribution in [0, 0.1) is 10.1 Å². The van der Waals surface area contributed by atoms with Gasteiger partial charge in [0.15, 0.2) is 0 Å². The lowest BCUT2D eigenvalue weighted by molar-refractivity contribution is -0.384. The fourth-order valence-corrected chi connectivity index (χ4v) is 2.13. The van der Waals surface area contributed by atoms with Gasteiger partial charge in [0.25, 0.3) is 0 Å². The molecule has 1 aliphatic rings. The molecule has 104 valence electrons. The molecule has 1 atom stereocenters. The molecular weight excluding hydrogens is 250 g/mol. The van der Waals surface area contributed by atoms with Gasteiger partial charge in [0, 0.05) is 20.2 Å². The number of hydrogen-bond donors (Lipinski definition) is 1. The minimum atomic E-state index is -0.507.